The highest BCUT2D eigenvalue weighted by Crippen LogP contribution is 2.17. The van der Waals surface area contributed by atoms with Crippen molar-refractivity contribution in [1.82, 2.24) is 9.97 Å². The molecule has 0 spiro atoms. The zero-order valence-electron chi connectivity index (χ0n) is 8.62. The third-order valence-electron chi connectivity index (χ3n) is 2.55. The van der Waals surface area contributed by atoms with Crippen molar-refractivity contribution in [2.45, 2.75) is 26.7 Å². The van der Waals surface area contributed by atoms with Crippen LogP contribution in [0.2, 0.25) is 0 Å². The zero-order valence-corrected chi connectivity index (χ0v) is 8.62. The summed E-state index contributed by atoms with van der Waals surface area (Å²) >= 11 is 0. The van der Waals surface area contributed by atoms with Gasteiger partial charge in [-0.05, 0) is 36.1 Å². The van der Waals surface area contributed by atoms with Gasteiger partial charge in [-0.25, -0.2) is 0 Å². The fourth-order valence-electron chi connectivity index (χ4n) is 1.76. The van der Waals surface area contributed by atoms with Crippen LogP contribution in [0.4, 0.5) is 0 Å². The molecule has 2 nitrogen and oxygen atoms in total. The summed E-state index contributed by atoms with van der Waals surface area (Å²) in [5.74, 6) is 0. The lowest BCUT2D eigenvalue weighted by Crippen LogP contribution is -1.93. The fraction of sp³-hybridized carbons (Fsp3) is 0.333. The van der Waals surface area contributed by atoms with Crippen LogP contribution in [0.25, 0.3) is 11.0 Å². The van der Waals surface area contributed by atoms with Gasteiger partial charge in [0.25, 0.3) is 0 Å². The summed E-state index contributed by atoms with van der Waals surface area (Å²) in [6.07, 6.45) is 5.62. The Balaban J connectivity index is 2.69. The van der Waals surface area contributed by atoms with E-state index in [1.807, 2.05) is 0 Å². The Morgan fingerprint density at radius 1 is 0.857 bits per heavy atom. The standard InChI is InChI=1S/C12H14N2/c1-3-9-7-11-12(8-10(9)4-2)14-6-5-13-11/h5-8H,3-4H2,1-2H3. The maximum atomic E-state index is 4.30. The van der Waals surface area contributed by atoms with Gasteiger partial charge in [-0.3, -0.25) is 9.97 Å². The predicted molar refractivity (Wildman–Crippen MR) is 58.3 cm³/mol. The molecule has 0 amide bonds. The monoisotopic (exact) mass is 186 g/mol. The molecular weight excluding hydrogens is 172 g/mol. The Bertz CT molecular complexity index is 407. The topological polar surface area (TPSA) is 25.8 Å². The van der Waals surface area contributed by atoms with E-state index in [-0.39, 0.29) is 0 Å². The second-order valence-corrected chi connectivity index (χ2v) is 3.37. The summed E-state index contributed by atoms with van der Waals surface area (Å²) < 4.78 is 0. The maximum Gasteiger partial charge on any atom is 0.0889 e. The minimum absolute atomic E-state index is 1.00. The Labute approximate surface area is 84.0 Å². The molecule has 1 aromatic heterocycles. The molecule has 1 aromatic carbocycles. The zero-order chi connectivity index (χ0) is 9.97. The molecule has 0 aliphatic carbocycles. The summed E-state index contributed by atoms with van der Waals surface area (Å²) in [6.45, 7) is 4.35. The molecule has 0 N–H and O–H groups in total. The molecule has 0 fully saturated rings. The van der Waals surface area contributed by atoms with Crippen LogP contribution in [-0.2, 0) is 12.8 Å². The lowest BCUT2D eigenvalue weighted by Gasteiger charge is -2.06. The van der Waals surface area contributed by atoms with Crippen molar-refractivity contribution < 1.29 is 0 Å². The molecule has 2 aromatic rings. The number of hydrogen-bond acceptors (Lipinski definition) is 2. The molecule has 72 valence electrons. The van der Waals surface area contributed by atoms with Crippen molar-refractivity contribution in [2.24, 2.45) is 0 Å². The van der Waals surface area contributed by atoms with Gasteiger partial charge in [0.1, 0.15) is 0 Å². The Hall–Kier alpha value is -1.44. The average Bonchev–Trinajstić information content (AvgIpc) is 2.27. The molecule has 0 saturated carbocycles. The van der Waals surface area contributed by atoms with Crippen LogP contribution in [0.5, 0.6) is 0 Å². The van der Waals surface area contributed by atoms with Crippen LogP contribution in [0.3, 0.4) is 0 Å². The third kappa shape index (κ3) is 1.48. The van der Waals surface area contributed by atoms with Gasteiger partial charge in [0, 0.05) is 12.4 Å². The number of aromatic nitrogens is 2. The van der Waals surface area contributed by atoms with Crippen LogP contribution < -0.4 is 0 Å². The first-order valence-corrected chi connectivity index (χ1v) is 5.07. The molecule has 0 saturated heterocycles. The normalized spacial score (nSPS) is 10.7. The molecular formula is C12H14N2. The smallest absolute Gasteiger partial charge is 0.0889 e. The second kappa shape index (κ2) is 3.74. The SMILES string of the molecule is CCc1cc2nccnc2cc1CC. The van der Waals surface area contributed by atoms with Crippen LogP contribution in [0.1, 0.15) is 25.0 Å². The number of rotatable bonds is 2. The van der Waals surface area contributed by atoms with E-state index >= 15 is 0 Å². The number of nitrogens with zero attached hydrogens (tertiary/aromatic N) is 2. The molecule has 1 heterocycles. The van der Waals surface area contributed by atoms with E-state index in [2.05, 4.69) is 35.9 Å². The average molecular weight is 186 g/mol. The molecule has 0 aliphatic heterocycles. The number of aryl methyl sites for hydroxylation is 2. The van der Waals surface area contributed by atoms with Gasteiger partial charge in [0.05, 0.1) is 11.0 Å². The fourth-order valence-corrected chi connectivity index (χ4v) is 1.76. The van der Waals surface area contributed by atoms with Gasteiger partial charge < -0.3 is 0 Å². The Morgan fingerprint density at radius 2 is 1.29 bits per heavy atom. The molecule has 0 aliphatic rings. The molecule has 2 rings (SSSR count). The first kappa shape index (κ1) is 9.13. The Kier molecular flexibility index (Phi) is 2.44. The third-order valence-corrected chi connectivity index (χ3v) is 2.55. The first-order chi connectivity index (χ1) is 6.85. The summed E-state index contributed by atoms with van der Waals surface area (Å²) in [7, 11) is 0. The van der Waals surface area contributed by atoms with E-state index in [1.165, 1.54) is 11.1 Å². The minimum atomic E-state index is 1.00. The second-order valence-electron chi connectivity index (χ2n) is 3.37. The maximum absolute atomic E-state index is 4.30. The molecule has 14 heavy (non-hydrogen) atoms. The summed E-state index contributed by atoms with van der Waals surface area (Å²) in [5.41, 5.74) is 4.78. The van der Waals surface area contributed by atoms with Crippen molar-refractivity contribution in [3.63, 3.8) is 0 Å². The summed E-state index contributed by atoms with van der Waals surface area (Å²) in [5, 5.41) is 0. The first-order valence-electron chi connectivity index (χ1n) is 5.07. The number of benzene rings is 1. The summed E-state index contributed by atoms with van der Waals surface area (Å²) in [4.78, 5) is 8.61. The van der Waals surface area contributed by atoms with Crippen LogP contribution in [-0.4, -0.2) is 9.97 Å². The molecule has 0 atom stereocenters. The van der Waals surface area contributed by atoms with Crippen molar-refractivity contribution in [3.8, 4) is 0 Å². The van der Waals surface area contributed by atoms with Gasteiger partial charge in [0.15, 0.2) is 0 Å². The van der Waals surface area contributed by atoms with E-state index in [0.717, 1.165) is 23.9 Å². The van der Waals surface area contributed by atoms with Crippen LogP contribution >= 0.6 is 0 Å². The minimum Gasteiger partial charge on any atom is -0.253 e. The molecule has 0 unspecified atom stereocenters. The van der Waals surface area contributed by atoms with E-state index < -0.39 is 0 Å². The quantitative estimate of drug-likeness (QED) is 0.720. The van der Waals surface area contributed by atoms with Gasteiger partial charge in [-0.1, -0.05) is 13.8 Å². The van der Waals surface area contributed by atoms with E-state index in [1.54, 1.807) is 12.4 Å². The highest BCUT2D eigenvalue weighted by atomic mass is 14.8. The number of fused-ring (bicyclic) bond motifs is 1. The molecule has 0 radical (unpaired) electrons. The lowest BCUT2D eigenvalue weighted by molar-refractivity contribution is 1.04. The van der Waals surface area contributed by atoms with E-state index in [0.29, 0.717) is 0 Å². The summed E-state index contributed by atoms with van der Waals surface area (Å²) in [6, 6.07) is 4.31. The van der Waals surface area contributed by atoms with E-state index in [4.69, 9.17) is 0 Å². The van der Waals surface area contributed by atoms with Gasteiger partial charge in [0.2, 0.25) is 0 Å². The van der Waals surface area contributed by atoms with Crippen molar-refractivity contribution in [2.75, 3.05) is 0 Å². The molecule has 0 bridgehead atoms. The van der Waals surface area contributed by atoms with Crippen LogP contribution in [0.15, 0.2) is 24.5 Å². The van der Waals surface area contributed by atoms with Gasteiger partial charge in [-0.15, -0.1) is 0 Å². The van der Waals surface area contributed by atoms with Crippen molar-refractivity contribution in [1.29, 1.82) is 0 Å². The lowest BCUT2D eigenvalue weighted by atomic mass is 10.0. The van der Waals surface area contributed by atoms with Gasteiger partial charge >= 0.3 is 0 Å². The van der Waals surface area contributed by atoms with Crippen LogP contribution in [0, 0.1) is 0 Å². The Morgan fingerprint density at radius 3 is 1.64 bits per heavy atom. The highest BCUT2D eigenvalue weighted by molar-refractivity contribution is 5.75. The van der Waals surface area contributed by atoms with Crippen molar-refractivity contribution in [3.05, 3.63) is 35.7 Å². The van der Waals surface area contributed by atoms with Crippen molar-refractivity contribution >= 4 is 11.0 Å². The largest absolute Gasteiger partial charge is 0.253 e. The highest BCUT2D eigenvalue weighted by Gasteiger charge is 2.02. The predicted octanol–water partition coefficient (Wildman–Crippen LogP) is 2.75. The molecule has 2 heteroatoms. The van der Waals surface area contributed by atoms with Gasteiger partial charge in [-0.2, -0.15) is 0 Å². The van der Waals surface area contributed by atoms with E-state index in [9.17, 15) is 0 Å². The number of hydrogen-bond donors (Lipinski definition) is 0.